The Bertz CT molecular complexity index is 624. The zero-order valence-corrected chi connectivity index (χ0v) is 12.8. The first kappa shape index (κ1) is 14.6. The minimum Gasteiger partial charge on any atom is -0.497 e. The molecule has 1 aliphatic rings. The molecule has 1 N–H and O–H groups in total. The predicted molar refractivity (Wildman–Crippen MR) is 82.4 cm³/mol. The van der Waals surface area contributed by atoms with Gasteiger partial charge < -0.3 is 14.6 Å². The Morgan fingerprint density at radius 3 is 2.77 bits per heavy atom. The lowest BCUT2D eigenvalue weighted by molar-refractivity contribution is -0.128. The molecule has 1 aliphatic heterocycles. The lowest BCUT2D eigenvalue weighted by atomic mass is 10.1. The monoisotopic (exact) mass is 300 g/mol. The third kappa shape index (κ3) is 2.82. The average molecular weight is 300 g/mol. The van der Waals surface area contributed by atoms with Gasteiger partial charge in [-0.1, -0.05) is 12.1 Å². The highest BCUT2D eigenvalue weighted by Gasteiger charge is 2.36. The second-order valence-corrected chi connectivity index (χ2v) is 5.48. The molecule has 6 heteroatoms. The zero-order chi connectivity index (χ0) is 15.5. The summed E-state index contributed by atoms with van der Waals surface area (Å²) in [6.45, 7) is 1.12. The van der Waals surface area contributed by atoms with Crippen LogP contribution in [0.5, 0.6) is 5.75 Å². The summed E-state index contributed by atoms with van der Waals surface area (Å²) < 4.78 is 5.16. The number of nitrogens with one attached hydrogen (secondary N) is 1. The molecule has 2 heterocycles. The number of carbonyl (C=O) groups is 1. The number of rotatable bonds is 5. The van der Waals surface area contributed by atoms with Crippen molar-refractivity contribution in [1.82, 2.24) is 19.8 Å². The van der Waals surface area contributed by atoms with Crippen LogP contribution in [0.25, 0.3) is 0 Å². The second kappa shape index (κ2) is 6.19. The summed E-state index contributed by atoms with van der Waals surface area (Å²) in [6, 6.07) is 7.96. The van der Waals surface area contributed by atoms with Gasteiger partial charge in [0.1, 0.15) is 11.9 Å². The minimum atomic E-state index is -0.0618. The average Bonchev–Trinajstić information content (AvgIpc) is 3.13. The molecule has 1 unspecified atom stereocenters. The van der Waals surface area contributed by atoms with Crippen molar-refractivity contribution in [2.24, 2.45) is 0 Å². The van der Waals surface area contributed by atoms with Crippen molar-refractivity contribution in [3.05, 3.63) is 48.0 Å². The van der Waals surface area contributed by atoms with Gasteiger partial charge in [0.05, 0.1) is 31.9 Å². The number of aromatic amines is 1. The van der Waals surface area contributed by atoms with Gasteiger partial charge in [-0.3, -0.25) is 9.69 Å². The Morgan fingerprint density at radius 1 is 1.36 bits per heavy atom. The van der Waals surface area contributed by atoms with E-state index in [4.69, 9.17) is 4.74 Å². The number of hydrogen-bond donors (Lipinski definition) is 1. The zero-order valence-electron chi connectivity index (χ0n) is 12.8. The summed E-state index contributed by atoms with van der Waals surface area (Å²) in [7, 11) is 3.61. The predicted octanol–water partition coefficient (Wildman–Crippen LogP) is 1.43. The van der Waals surface area contributed by atoms with E-state index < -0.39 is 0 Å². The van der Waals surface area contributed by atoms with E-state index in [1.54, 1.807) is 19.6 Å². The number of likely N-dealkylation sites (N-methyl/N-ethyl adjacent to an activating group) is 1. The van der Waals surface area contributed by atoms with E-state index >= 15 is 0 Å². The summed E-state index contributed by atoms with van der Waals surface area (Å²) in [5.41, 5.74) is 2.13. The molecule has 3 rings (SSSR count). The van der Waals surface area contributed by atoms with E-state index in [9.17, 15) is 4.79 Å². The molecule has 1 fully saturated rings. The second-order valence-electron chi connectivity index (χ2n) is 5.48. The number of hydrogen-bond acceptors (Lipinski definition) is 4. The first-order valence-electron chi connectivity index (χ1n) is 7.30. The number of ether oxygens (including phenoxy) is 1. The van der Waals surface area contributed by atoms with E-state index in [0.717, 1.165) is 17.9 Å². The first-order chi connectivity index (χ1) is 10.7. The summed E-state index contributed by atoms with van der Waals surface area (Å²) in [6.07, 6.45) is 4.18. The van der Waals surface area contributed by atoms with Gasteiger partial charge in [-0.05, 0) is 31.2 Å². The van der Waals surface area contributed by atoms with Crippen molar-refractivity contribution in [2.45, 2.75) is 12.6 Å². The standard InChI is InChI=1S/C16H20N4O2/c1-19-10-15(21)20(16(19)14-9-17-11-18-14)8-7-12-3-5-13(22-2)6-4-12/h3-6,9,11,16H,7-8,10H2,1-2H3,(H,17,18). The third-order valence-electron chi connectivity index (χ3n) is 4.02. The molecular weight excluding hydrogens is 280 g/mol. The van der Waals surface area contributed by atoms with E-state index in [2.05, 4.69) is 9.97 Å². The molecule has 1 aromatic carbocycles. The van der Waals surface area contributed by atoms with Crippen molar-refractivity contribution in [1.29, 1.82) is 0 Å². The van der Waals surface area contributed by atoms with E-state index in [0.29, 0.717) is 13.1 Å². The van der Waals surface area contributed by atoms with Gasteiger partial charge in [0, 0.05) is 6.54 Å². The normalized spacial score (nSPS) is 18.9. The molecule has 0 saturated carbocycles. The minimum absolute atomic E-state index is 0.0618. The third-order valence-corrected chi connectivity index (χ3v) is 4.02. The maximum absolute atomic E-state index is 12.2. The Balaban J connectivity index is 1.70. The molecule has 6 nitrogen and oxygen atoms in total. The maximum atomic E-state index is 12.2. The molecule has 1 atom stereocenters. The largest absolute Gasteiger partial charge is 0.497 e. The molecule has 0 spiro atoms. The van der Waals surface area contributed by atoms with Crippen LogP contribution in [0.3, 0.4) is 0 Å². The van der Waals surface area contributed by atoms with Crippen LogP contribution < -0.4 is 4.74 Å². The van der Waals surface area contributed by atoms with E-state index in [1.165, 1.54) is 5.56 Å². The highest BCUT2D eigenvalue weighted by atomic mass is 16.5. The Kier molecular flexibility index (Phi) is 4.11. The van der Waals surface area contributed by atoms with Crippen LogP contribution in [0.4, 0.5) is 0 Å². The van der Waals surface area contributed by atoms with Crippen LogP contribution in [-0.2, 0) is 11.2 Å². The summed E-state index contributed by atoms with van der Waals surface area (Å²) in [5, 5.41) is 0. The van der Waals surface area contributed by atoms with Crippen molar-refractivity contribution in [2.75, 3.05) is 27.2 Å². The molecule has 0 bridgehead atoms. The summed E-state index contributed by atoms with van der Waals surface area (Å²) in [4.78, 5) is 23.3. The number of benzene rings is 1. The molecule has 22 heavy (non-hydrogen) atoms. The highest BCUT2D eigenvalue weighted by molar-refractivity contribution is 5.80. The van der Waals surface area contributed by atoms with Crippen LogP contribution in [0.1, 0.15) is 17.4 Å². The molecule has 1 saturated heterocycles. The lowest BCUT2D eigenvalue weighted by Gasteiger charge is -2.26. The topological polar surface area (TPSA) is 61.5 Å². The first-order valence-corrected chi connectivity index (χ1v) is 7.30. The van der Waals surface area contributed by atoms with Crippen LogP contribution >= 0.6 is 0 Å². The Labute approximate surface area is 129 Å². The SMILES string of the molecule is COc1ccc(CCN2C(=O)CN(C)C2c2cnc[nH]2)cc1. The molecule has 0 radical (unpaired) electrons. The number of nitrogens with zero attached hydrogens (tertiary/aromatic N) is 3. The van der Waals surface area contributed by atoms with Crippen LogP contribution in [-0.4, -0.2) is 52.9 Å². The molecular formula is C16H20N4O2. The molecule has 1 amide bonds. The fraction of sp³-hybridized carbons (Fsp3) is 0.375. The number of carbonyl (C=O) groups excluding carboxylic acids is 1. The van der Waals surface area contributed by atoms with Crippen molar-refractivity contribution in [3.63, 3.8) is 0 Å². The highest BCUT2D eigenvalue weighted by Crippen LogP contribution is 2.28. The van der Waals surface area contributed by atoms with Gasteiger partial charge in [-0.15, -0.1) is 0 Å². The quantitative estimate of drug-likeness (QED) is 0.907. The maximum Gasteiger partial charge on any atom is 0.238 e. The number of methoxy groups -OCH3 is 1. The van der Waals surface area contributed by atoms with Gasteiger partial charge in [0.25, 0.3) is 0 Å². The van der Waals surface area contributed by atoms with Gasteiger partial charge in [-0.25, -0.2) is 4.98 Å². The van der Waals surface area contributed by atoms with Crippen molar-refractivity contribution < 1.29 is 9.53 Å². The van der Waals surface area contributed by atoms with Crippen molar-refractivity contribution in [3.8, 4) is 5.75 Å². The lowest BCUT2D eigenvalue weighted by Crippen LogP contribution is -2.32. The van der Waals surface area contributed by atoms with E-state index in [-0.39, 0.29) is 12.1 Å². The van der Waals surface area contributed by atoms with Crippen LogP contribution in [0.2, 0.25) is 0 Å². The fourth-order valence-electron chi connectivity index (χ4n) is 2.87. The van der Waals surface area contributed by atoms with Crippen LogP contribution in [0.15, 0.2) is 36.8 Å². The fourth-order valence-corrected chi connectivity index (χ4v) is 2.87. The van der Waals surface area contributed by atoms with Crippen LogP contribution in [0, 0.1) is 0 Å². The van der Waals surface area contributed by atoms with Gasteiger partial charge in [0.15, 0.2) is 0 Å². The van der Waals surface area contributed by atoms with E-state index in [1.807, 2.05) is 41.1 Å². The number of amides is 1. The molecule has 0 aliphatic carbocycles. The smallest absolute Gasteiger partial charge is 0.238 e. The summed E-state index contributed by atoms with van der Waals surface area (Å²) in [5.74, 6) is 0.992. The number of H-pyrrole nitrogens is 1. The van der Waals surface area contributed by atoms with Gasteiger partial charge in [0.2, 0.25) is 5.91 Å². The Hall–Kier alpha value is -2.34. The summed E-state index contributed by atoms with van der Waals surface area (Å²) >= 11 is 0. The number of aromatic nitrogens is 2. The van der Waals surface area contributed by atoms with Crippen molar-refractivity contribution >= 4 is 5.91 Å². The van der Waals surface area contributed by atoms with Gasteiger partial charge >= 0.3 is 0 Å². The molecule has 2 aromatic rings. The molecule has 1 aromatic heterocycles. The number of imidazole rings is 1. The molecule has 116 valence electrons. The van der Waals surface area contributed by atoms with Gasteiger partial charge in [-0.2, -0.15) is 0 Å². The Morgan fingerprint density at radius 2 is 2.14 bits per heavy atom.